The van der Waals surface area contributed by atoms with Gasteiger partial charge in [-0.2, -0.15) is 0 Å². The summed E-state index contributed by atoms with van der Waals surface area (Å²) in [6.07, 6.45) is 0. The summed E-state index contributed by atoms with van der Waals surface area (Å²) in [4.78, 5) is 11.4. The zero-order valence-corrected chi connectivity index (χ0v) is 11.4. The van der Waals surface area contributed by atoms with E-state index >= 15 is 0 Å². The highest BCUT2D eigenvalue weighted by Gasteiger charge is 2.16. The Morgan fingerprint density at radius 3 is 2.60 bits per heavy atom. The number of amides is 1. The summed E-state index contributed by atoms with van der Waals surface area (Å²) in [7, 11) is 0. The first kappa shape index (κ1) is 14.1. The van der Waals surface area contributed by atoms with Crippen molar-refractivity contribution in [3.8, 4) is 11.5 Å². The molecule has 2 rings (SSSR count). The molecular weight excluding hydrogens is 283 g/mol. The Labute approximate surface area is 120 Å². The summed E-state index contributed by atoms with van der Waals surface area (Å²) in [5.74, 6) is -0.619. The molecule has 0 saturated carbocycles. The van der Waals surface area contributed by atoms with Crippen LogP contribution in [0.1, 0.15) is 15.9 Å². The third-order valence-electron chi connectivity index (χ3n) is 2.68. The standard InChI is InChI=1S/C14H12ClFN2O2/c1-7-4-8(16)2-3-12(7)20-13-10(14(18)19)5-9(17)6-11(13)15/h2-6H,17H2,1H3,(H2,18,19). The van der Waals surface area contributed by atoms with Gasteiger partial charge >= 0.3 is 0 Å². The van der Waals surface area contributed by atoms with Gasteiger partial charge < -0.3 is 16.2 Å². The van der Waals surface area contributed by atoms with Crippen molar-refractivity contribution < 1.29 is 13.9 Å². The molecule has 20 heavy (non-hydrogen) atoms. The number of hydrogen-bond acceptors (Lipinski definition) is 3. The van der Waals surface area contributed by atoms with Crippen LogP contribution >= 0.6 is 11.6 Å². The topological polar surface area (TPSA) is 78.3 Å². The molecule has 0 aliphatic carbocycles. The van der Waals surface area contributed by atoms with Gasteiger partial charge in [-0.25, -0.2) is 4.39 Å². The van der Waals surface area contributed by atoms with Crippen molar-refractivity contribution in [2.45, 2.75) is 6.92 Å². The molecule has 2 aromatic rings. The average molecular weight is 295 g/mol. The largest absolute Gasteiger partial charge is 0.455 e. The van der Waals surface area contributed by atoms with Crippen molar-refractivity contribution >= 4 is 23.2 Å². The van der Waals surface area contributed by atoms with Crippen molar-refractivity contribution in [3.63, 3.8) is 0 Å². The third kappa shape index (κ3) is 2.83. The second-order valence-electron chi connectivity index (χ2n) is 4.26. The molecule has 104 valence electrons. The van der Waals surface area contributed by atoms with Crippen LogP contribution in [0, 0.1) is 12.7 Å². The summed E-state index contributed by atoms with van der Waals surface area (Å²) < 4.78 is 18.6. The van der Waals surface area contributed by atoms with Gasteiger partial charge in [-0.15, -0.1) is 0 Å². The van der Waals surface area contributed by atoms with Crippen molar-refractivity contribution in [1.82, 2.24) is 0 Å². The van der Waals surface area contributed by atoms with Crippen molar-refractivity contribution in [2.75, 3.05) is 5.73 Å². The molecule has 0 spiro atoms. The van der Waals surface area contributed by atoms with E-state index in [0.29, 0.717) is 17.0 Å². The SMILES string of the molecule is Cc1cc(F)ccc1Oc1c(Cl)cc(N)cc1C(N)=O. The Bertz CT molecular complexity index is 689. The van der Waals surface area contributed by atoms with Crippen molar-refractivity contribution in [3.05, 3.63) is 52.3 Å². The summed E-state index contributed by atoms with van der Waals surface area (Å²) in [5.41, 5.74) is 11.8. The number of rotatable bonds is 3. The monoisotopic (exact) mass is 294 g/mol. The average Bonchev–Trinajstić information content (AvgIpc) is 2.34. The lowest BCUT2D eigenvalue weighted by molar-refractivity contribution is 0.0998. The fraction of sp³-hybridized carbons (Fsp3) is 0.0714. The molecule has 1 amide bonds. The molecule has 0 saturated heterocycles. The number of nitrogens with two attached hydrogens (primary N) is 2. The normalized spacial score (nSPS) is 10.3. The quantitative estimate of drug-likeness (QED) is 0.853. The molecule has 2 aromatic carbocycles. The van der Waals surface area contributed by atoms with E-state index in [4.69, 9.17) is 27.8 Å². The van der Waals surface area contributed by atoms with Crippen LogP contribution in [0.5, 0.6) is 11.5 Å². The van der Waals surface area contributed by atoms with Crippen LogP contribution in [-0.2, 0) is 0 Å². The van der Waals surface area contributed by atoms with Gasteiger partial charge in [0.1, 0.15) is 11.6 Å². The third-order valence-corrected chi connectivity index (χ3v) is 2.96. The zero-order chi connectivity index (χ0) is 14.9. The maximum absolute atomic E-state index is 13.1. The van der Waals surface area contributed by atoms with Crippen LogP contribution in [0.15, 0.2) is 30.3 Å². The molecule has 0 fully saturated rings. The Morgan fingerprint density at radius 1 is 1.30 bits per heavy atom. The van der Waals surface area contributed by atoms with Crippen LogP contribution in [-0.4, -0.2) is 5.91 Å². The number of primary amides is 1. The highest BCUT2D eigenvalue weighted by Crippen LogP contribution is 2.36. The lowest BCUT2D eigenvalue weighted by Gasteiger charge is -2.13. The molecule has 0 heterocycles. The van der Waals surface area contributed by atoms with Gasteiger partial charge in [0.05, 0.1) is 10.6 Å². The fourth-order valence-corrected chi connectivity index (χ4v) is 2.00. The fourth-order valence-electron chi connectivity index (χ4n) is 1.74. The van der Waals surface area contributed by atoms with Crippen molar-refractivity contribution in [2.24, 2.45) is 5.73 Å². The van der Waals surface area contributed by atoms with E-state index in [1.165, 1.54) is 30.3 Å². The predicted octanol–water partition coefficient (Wildman–Crippen LogP) is 3.26. The van der Waals surface area contributed by atoms with Crippen LogP contribution in [0.3, 0.4) is 0 Å². The van der Waals surface area contributed by atoms with E-state index in [0.717, 1.165) is 0 Å². The molecule has 0 bridgehead atoms. The van der Waals surface area contributed by atoms with Crippen LogP contribution in [0.25, 0.3) is 0 Å². The number of carbonyl (C=O) groups excluding carboxylic acids is 1. The first-order chi connectivity index (χ1) is 9.38. The van der Waals surface area contributed by atoms with Crippen molar-refractivity contribution in [1.29, 1.82) is 0 Å². The minimum Gasteiger partial charge on any atom is -0.455 e. The molecule has 0 unspecified atom stereocenters. The first-order valence-corrected chi connectivity index (χ1v) is 6.09. The minimum atomic E-state index is -0.714. The van der Waals surface area contributed by atoms with E-state index in [-0.39, 0.29) is 22.2 Å². The molecule has 0 aromatic heterocycles. The van der Waals surface area contributed by atoms with Gasteiger partial charge in [0.25, 0.3) is 5.91 Å². The molecule has 4 N–H and O–H groups in total. The number of anilines is 1. The van der Waals surface area contributed by atoms with E-state index in [1.54, 1.807) is 6.92 Å². The van der Waals surface area contributed by atoms with E-state index < -0.39 is 5.91 Å². The number of benzene rings is 2. The van der Waals surface area contributed by atoms with Crippen LogP contribution in [0.2, 0.25) is 5.02 Å². The van der Waals surface area contributed by atoms with Gasteiger partial charge in [-0.05, 0) is 42.8 Å². The smallest absolute Gasteiger partial charge is 0.252 e. The highest BCUT2D eigenvalue weighted by molar-refractivity contribution is 6.33. The Hall–Kier alpha value is -2.27. The number of carbonyl (C=O) groups is 1. The Morgan fingerprint density at radius 2 is 2.00 bits per heavy atom. The van der Waals surface area contributed by atoms with Gasteiger partial charge in [-0.3, -0.25) is 4.79 Å². The number of halogens is 2. The Kier molecular flexibility index (Phi) is 3.81. The van der Waals surface area contributed by atoms with E-state index in [1.807, 2.05) is 0 Å². The van der Waals surface area contributed by atoms with Crippen LogP contribution < -0.4 is 16.2 Å². The second-order valence-corrected chi connectivity index (χ2v) is 4.66. The zero-order valence-electron chi connectivity index (χ0n) is 10.6. The maximum atomic E-state index is 13.1. The summed E-state index contributed by atoms with van der Waals surface area (Å²) in [5, 5.41) is 0.155. The number of ether oxygens (including phenoxy) is 1. The summed E-state index contributed by atoms with van der Waals surface area (Å²) in [6.45, 7) is 1.67. The molecule has 0 aliphatic rings. The lowest BCUT2D eigenvalue weighted by atomic mass is 10.1. The molecule has 4 nitrogen and oxygen atoms in total. The molecule has 0 radical (unpaired) electrons. The number of hydrogen-bond donors (Lipinski definition) is 2. The molecular formula is C14H12ClFN2O2. The summed E-state index contributed by atoms with van der Waals surface area (Å²) >= 11 is 6.03. The van der Waals surface area contributed by atoms with Gasteiger partial charge in [0, 0.05) is 5.69 Å². The predicted molar refractivity (Wildman–Crippen MR) is 75.6 cm³/mol. The van der Waals surface area contributed by atoms with E-state index in [9.17, 15) is 9.18 Å². The number of nitrogen functional groups attached to an aromatic ring is 1. The maximum Gasteiger partial charge on any atom is 0.252 e. The molecule has 6 heteroatoms. The first-order valence-electron chi connectivity index (χ1n) is 5.71. The van der Waals surface area contributed by atoms with Gasteiger partial charge in [-0.1, -0.05) is 11.6 Å². The highest BCUT2D eigenvalue weighted by atomic mass is 35.5. The van der Waals surface area contributed by atoms with Gasteiger partial charge in [0.2, 0.25) is 0 Å². The van der Waals surface area contributed by atoms with Gasteiger partial charge in [0.15, 0.2) is 5.75 Å². The second kappa shape index (κ2) is 5.38. The summed E-state index contributed by atoms with van der Waals surface area (Å²) in [6, 6.07) is 6.83. The van der Waals surface area contributed by atoms with Crippen LogP contribution in [0.4, 0.5) is 10.1 Å². The molecule has 0 atom stereocenters. The Balaban J connectivity index is 2.50. The lowest BCUT2D eigenvalue weighted by Crippen LogP contribution is -2.13. The number of aryl methyl sites for hydroxylation is 1. The molecule has 0 aliphatic heterocycles. The minimum absolute atomic E-state index is 0.0683. The van der Waals surface area contributed by atoms with E-state index in [2.05, 4.69) is 0 Å².